The normalized spacial score (nSPS) is 15.7. The molecule has 6 rings (SSSR count). The van der Waals surface area contributed by atoms with Crippen molar-refractivity contribution in [2.24, 2.45) is 7.05 Å². The largest absolute Gasteiger partial charge is 0.450 e. The van der Waals surface area contributed by atoms with Crippen molar-refractivity contribution in [3.05, 3.63) is 58.0 Å². The third-order valence-electron chi connectivity index (χ3n) is 6.58. The number of alkyl halides is 3. The second-order valence-electron chi connectivity index (χ2n) is 9.03. The Hall–Kier alpha value is -4.37. The summed E-state index contributed by atoms with van der Waals surface area (Å²) in [4.78, 5) is 26.1. The Balaban J connectivity index is 1.39. The number of nitrogens with zero attached hydrogens (tertiary/aromatic N) is 7. The number of nitrogens with one attached hydrogen (secondary N) is 2. The SMILES string of the molecule is CNc1nccn2ncc(Oc3cnc4nc(Nc5cc(C(F)(F)F)cn([C@@H]6CCOC6)c5=O)n(C)c4c3Cl)c12. The molecule has 0 radical (unpaired) electrons. The molecule has 1 aliphatic heterocycles. The van der Waals surface area contributed by atoms with Crippen molar-refractivity contribution in [3.63, 3.8) is 0 Å². The number of fused-ring (bicyclic) bond motifs is 2. The van der Waals surface area contributed by atoms with Gasteiger partial charge in [-0.05, 0) is 12.5 Å². The number of anilines is 3. The Kier molecular flexibility index (Phi) is 6.26. The molecule has 12 nitrogen and oxygen atoms in total. The van der Waals surface area contributed by atoms with Gasteiger partial charge in [0, 0.05) is 39.3 Å². The molecule has 2 N–H and O–H groups in total. The predicted octanol–water partition coefficient (Wildman–Crippen LogP) is 4.38. The highest BCUT2D eigenvalue weighted by Gasteiger charge is 2.34. The van der Waals surface area contributed by atoms with E-state index in [1.54, 1.807) is 31.0 Å². The van der Waals surface area contributed by atoms with Crippen LogP contribution in [0.1, 0.15) is 18.0 Å². The van der Waals surface area contributed by atoms with Crippen molar-refractivity contribution in [3.8, 4) is 11.5 Å². The quantitative estimate of drug-likeness (QED) is 0.303. The average Bonchev–Trinajstić information content (AvgIpc) is 3.66. The van der Waals surface area contributed by atoms with E-state index in [-0.39, 0.29) is 34.7 Å². The monoisotopic (exact) mass is 575 g/mol. The van der Waals surface area contributed by atoms with Gasteiger partial charge in [0.05, 0.1) is 30.6 Å². The van der Waals surface area contributed by atoms with E-state index in [4.69, 9.17) is 21.1 Å². The lowest BCUT2D eigenvalue weighted by molar-refractivity contribution is -0.138. The summed E-state index contributed by atoms with van der Waals surface area (Å²) in [5, 5.41) is 10.1. The minimum Gasteiger partial charge on any atom is -0.450 e. The molecule has 0 aliphatic carbocycles. The molecule has 40 heavy (non-hydrogen) atoms. The smallest absolute Gasteiger partial charge is 0.417 e. The fraction of sp³-hybridized carbons (Fsp3) is 0.292. The Morgan fingerprint density at radius 3 is 2.75 bits per heavy atom. The van der Waals surface area contributed by atoms with E-state index >= 15 is 0 Å². The second-order valence-corrected chi connectivity index (χ2v) is 9.41. The fourth-order valence-corrected chi connectivity index (χ4v) is 4.87. The average molecular weight is 576 g/mol. The maximum atomic E-state index is 13.7. The third-order valence-corrected chi connectivity index (χ3v) is 6.94. The number of hydrogen-bond donors (Lipinski definition) is 2. The van der Waals surface area contributed by atoms with Crippen LogP contribution in [-0.4, -0.2) is 54.0 Å². The summed E-state index contributed by atoms with van der Waals surface area (Å²) in [6.07, 6.45) is 2.69. The Morgan fingerprint density at radius 1 is 1.20 bits per heavy atom. The molecule has 0 spiro atoms. The maximum absolute atomic E-state index is 13.7. The molecule has 1 aliphatic rings. The van der Waals surface area contributed by atoms with Gasteiger partial charge in [0.2, 0.25) is 5.95 Å². The van der Waals surface area contributed by atoms with Crippen molar-refractivity contribution in [1.29, 1.82) is 0 Å². The van der Waals surface area contributed by atoms with Gasteiger partial charge in [0.25, 0.3) is 5.56 Å². The van der Waals surface area contributed by atoms with E-state index in [9.17, 15) is 18.0 Å². The summed E-state index contributed by atoms with van der Waals surface area (Å²) in [5.41, 5.74) is -0.817. The highest BCUT2D eigenvalue weighted by Crippen LogP contribution is 2.38. The molecule has 1 fully saturated rings. The highest BCUT2D eigenvalue weighted by atomic mass is 35.5. The van der Waals surface area contributed by atoms with Gasteiger partial charge in [-0.2, -0.15) is 23.3 Å². The van der Waals surface area contributed by atoms with Gasteiger partial charge in [-0.3, -0.25) is 4.79 Å². The first-order valence-corrected chi connectivity index (χ1v) is 12.4. The lowest BCUT2D eigenvalue weighted by atomic mass is 10.2. The summed E-state index contributed by atoms with van der Waals surface area (Å²) < 4.78 is 56.5. The van der Waals surface area contributed by atoms with E-state index in [0.29, 0.717) is 35.6 Å². The van der Waals surface area contributed by atoms with Crippen molar-refractivity contribution in [2.75, 3.05) is 30.9 Å². The molecule has 208 valence electrons. The molecule has 1 atom stereocenters. The van der Waals surface area contributed by atoms with Crippen LogP contribution in [0.5, 0.6) is 11.5 Å². The number of pyridine rings is 2. The zero-order chi connectivity index (χ0) is 28.2. The van der Waals surface area contributed by atoms with Crippen LogP contribution in [0.3, 0.4) is 0 Å². The van der Waals surface area contributed by atoms with E-state index < -0.39 is 23.3 Å². The lowest BCUT2D eigenvalue weighted by Gasteiger charge is -2.18. The second kappa shape index (κ2) is 9.67. The molecule has 0 saturated carbocycles. The van der Waals surface area contributed by atoms with E-state index in [1.807, 2.05) is 0 Å². The van der Waals surface area contributed by atoms with Gasteiger partial charge in [-0.15, -0.1) is 0 Å². The minimum atomic E-state index is -4.67. The molecule has 0 unspecified atom stereocenters. The van der Waals surface area contributed by atoms with Crippen LogP contribution in [0.2, 0.25) is 5.02 Å². The van der Waals surface area contributed by atoms with Crippen LogP contribution in [0, 0.1) is 0 Å². The van der Waals surface area contributed by atoms with Gasteiger partial charge >= 0.3 is 6.18 Å². The van der Waals surface area contributed by atoms with Gasteiger partial charge in [0.1, 0.15) is 16.2 Å². The van der Waals surface area contributed by atoms with Crippen LogP contribution >= 0.6 is 11.6 Å². The molecular formula is C24H21ClF3N9O3. The molecule has 0 aromatic carbocycles. The summed E-state index contributed by atoms with van der Waals surface area (Å²) in [6, 6.07) is 0.251. The molecule has 5 aromatic rings. The number of aryl methyl sites for hydroxylation is 1. The number of aromatic nitrogens is 7. The van der Waals surface area contributed by atoms with E-state index in [0.717, 1.165) is 16.8 Å². The Labute approximate surface area is 228 Å². The molecule has 0 bridgehead atoms. The summed E-state index contributed by atoms with van der Waals surface area (Å²) in [6.45, 7) is 0.505. The Morgan fingerprint density at radius 2 is 2.02 bits per heavy atom. The topological polar surface area (TPSA) is 125 Å². The molecule has 1 saturated heterocycles. The number of halogens is 4. The van der Waals surface area contributed by atoms with Gasteiger partial charge in [0.15, 0.2) is 28.5 Å². The maximum Gasteiger partial charge on any atom is 0.417 e. The van der Waals surface area contributed by atoms with Crippen LogP contribution in [0.25, 0.3) is 16.7 Å². The van der Waals surface area contributed by atoms with Crippen LogP contribution in [0.15, 0.2) is 41.8 Å². The first kappa shape index (κ1) is 25.9. The van der Waals surface area contributed by atoms with E-state index in [1.165, 1.54) is 17.0 Å². The number of hydrogen-bond acceptors (Lipinski definition) is 9. The summed E-state index contributed by atoms with van der Waals surface area (Å²) >= 11 is 6.69. The van der Waals surface area contributed by atoms with Gasteiger partial charge in [-0.1, -0.05) is 11.6 Å². The van der Waals surface area contributed by atoms with Gasteiger partial charge in [-0.25, -0.2) is 14.5 Å². The number of ether oxygens (including phenoxy) is 2. The summed E-state index contributed by atoms with van der Waals surface area (Å²) in [7, 11) is 3.30. The van der Waals surface area contributed by atoms with E-state index in [2.05, 4.69) is 30.7 Å². The number of rotatable bonds is 6. The Bertz CT molecular complexity index is 1810. The van der Waals surface area contributed by atoms with Crippen molar-refractivity contribution in [2.45, 2.75) is 18.6 Å². The van der Waals surface area contributed by atoms with Crippen molar-refractivity contribution >= 4 is 45.7 Å². The zero-order valence-electron chi connectivity index (χ0n) is 21.0. The van der Waals surface area contributed by atoms with Crippen molar-refractivity contribution < 1.29 is 22.6 Å². The molecule has 0 amide bonds. The zero-order valence-corrected chi connectivity index (χ0v) is 21.8. The number of imidazole rings is 1. The first-order valence-electron chi connectivity index (χ1n) is 12.0. The molecular weight excluding hydrogens is 555 g/mol. The molecule has 6 heterocycles. The minimum absolute atomic E-state index is 0.0600. The first-order chi connectivity index (χ1) is 19.2. The van der Waals surface area contributed by atoms with Crippen LogP contribution in [-0.2, 0) is 18.0 Å². The van der Waals surface area contributed by atoms with Crippen molar-refractivity contribution in [1.82, 2.24) is 33.7 Å². The summed E-state index contributed by atoms with van der Waals surface area (Å²) in [5.74, 6) is 1.14. The van der Waals surface area contributed by atoms with Gasteiger partial charge < -0.3 is 29.2 Å². The molecule has 5 aromatic heterocycles. The lowest BCUT2D eigenvalue weighted by Crippen LogP contribution is -2.28. The highest BCUT2D eigenvalue weighted by molar-refractivity contribution is 6.36. The predicted molar refractivity (Wildman–Crippen MR) is 140 cm³/mol. The molecule has 16 heteroatoms. The van der Waals surface area contributed by atoms with Crippen LogP contribution < -0.4 is 20.9 Å². The van der Waals surface area contributed by atoms with Crippen LogP contribution in [0.4, 0.5) is 30.6 Å². The third kappa shape index (κ3) is 4.36. The standard InChI is InChI=1S/C24H21ClF3N9O3/c1-29-20-18-16(9-32-37(18)5-4-30-20)40-15-8-31-21-19(17(15)25)35(2)23(34-21)33-14-7-12(24(26,27)28)10-36(22(14)38)13-3-6-39-11-13/h4-5,7-10,13H,3,6,11H2,1-2H3,(H,29,30)(H,31,33,34)/t13-/m1/s1. The fourth-order valence-electron chi connectivity index (χ4n) is 4.57.